The molecule has 4 heteroatoms. The number of halogens is 2. The number of hydrogen-bond donors (Lipinski definition) is 1. The standard InChI is InChI=1S/C13H19Cl2NS/c1-4-9(2)17-8-13(16-3)11-7-10(14)5-6-12(11)15/h5-7,9,13,16H,4,8H2,1-3H3. The smallest absolute Gasteiger partial charge is 0.0455 e. The molecular formula is C13H19Cl2NS. The number of hydrogen-bond acceptors (Lipinski definition) is 2. The van der Waals surface area contributed by atoms with Crippen molar-refractivity contribution in [3.05, 3.63) is 33.8 Å². The third-order valence-corrected chi connectivity index (χ3v) is 4.81. The van der Waals surface area contributed by atoms with Gasteiger partial charge < -0.3 is 5.32 Å². The van der Waals surface area contributed by atoms with Gasteiger partial charge in [0.05, 0.1) is 0 Å². The number of benzene rings is 1. The molecule has 17 heavy (non-hydrogen) atoms. The van der Waals surface area contributed by atoms with Gasteiger partial charge in [0, 0.05) is 27.1 Å². The fraction of sp³-hybridized carbons (Fsp3) is 0.538. The van der Waals surface area contributed by atoms with Gasteiger partial charge in [0.15, 0.2) is 0 Å². The molecule has 0 amide bonds. The van der Waals surface area contributed by atoms with Crippen molar-refractivity contribution in [2.45, 2.75) is 31.6 Å². The first kappa shape index (κ1) is 15.2. The first-order valence-corrected chi connectivity index (χ1v) is 7.62. The molecule has 0 aliphatic heterocycles. The van der Waals surface area contributed by atoms with Crippen LogP contribution in [0.15, 0.2) is 18.2 Å². The van der Waals surface area contributed by atoms with E-state index < -0.39 is 0 Å². The van der Waals surface area contributed by atoms with E-state index in [-0.39, 0.29) is 6.04 Å². The van der Waals surface area contributed by atoms with E-state index in [1.54, 1.807) is 0 Å². The minimum atomic E-state index is 0.250. The molecule has 0 radical (unpaired) electrons. The second-order valence-corrected chi connectivity index (χ2v) is 6.37. The molecule has 0 bridgehead atoms. The van der Waals surface area contributed by atoms with E-state index >= 15 is 0 Å². The van der Waals surface area contributed by atoms with E-state index in [1.165, 1.54) is 6.42 Å². The summed E-state index contributed by atoms with van der Waals surface area (Å²) in [6, 6.07) is 5.88. The Hall–Kier alpha value is 0.110. The molecule has 0 heterocycles. The molecule has 1 rings (SSSR count). The van der Waals surface area contributed by atoms with E-state index in [1.807, 2.05) is 37.0 Å². The molecule has 0 saturated heterocycles. The highest BCUT2D eigenvalue weighted by atomic mass is 35.5. The van der Waals surface area contributed by atoms with E-state index in [2.05, 4.69) is 19.2 Å². The molecule has 1 N–H and O–H groups in total. The highest BCUT2D eigenvalue weighted by Gasteiger charge is 2.14. The molecule has 0 aliphatic rings. The van der Waals surface area contributed by atoms with E-state index in [0.717, 1.165) is 21.4 Å². The fourth-order valence-electron chi connectivity index (χ4n) is 1.49. The first-order chi connectivity index (χ1) is 8.08. The van der Waals surface area contributed by atoms with Crippen LogP contribution in [-0.4, -0.2) is 18.1 Å². The summed E-state index contributed by atoms with van der Waals surface area (Å²) in [7, 11) is 1.96. The Bertz CT molecular complexity index is 357. The number of nitrogens with one attached hydrogen (secondary N) is 1. The largest absolute Gasteiger partial charge is 0.312 e. The Balaban J connectivity index is 2.75. The zero-order valence-corrected chi connectivity index (χ0v) is 12.8. The molecule has 0 saturated carbocycles. The lowest BCUT2D eigenvalue weighted by molar-refractivity contribution is 0.660. The van der Waals surface area contributed by atoms with Crippen LogP contribution in [0.2, 0.25) is 10.0 Å². The highest BCUT2D eigenvalue weighted by molar-refractivity contribution is 7.99. The first-order valence-electron chi connectivity index (χ1n) is 5.82. The molecule has 1 aromatic rings. The summed E-state index contributed by atoms with van der Waals surface area (Å²) < 4.78 is 0. The number of thioether (sulfide) groups is 1. The maximum Gasteiger partial charge on any atom is 0.0455 e. The van der Waals surface area contributed by atoms with Gasteiger partial charge >= 0.3 is 0 Å². The third-order valence-electron chi connectivity index (χ3n) is 2.80. The molecule has 1 aromatic carbocycles. The zero-order valence-electron chi connectivity index (χ0n) is 10.5. The van der Waals surface area contributed by atoms with Gasteiger partial charge in [0.25, 0.3) is 0 Å². The van der Waals surface area contributed by atoms with Crippen LogP contribution < -0.4 is 5.32 Å². The van der Waals surface area contributed by atoms with Crippen LogP contribution in [0.25, 0.3) is 0 Å². The minimum Gasteiger partial charge on any atom is -0.312 e. The van der Waals surface area contributed by atoms with Crippen LogP contribution in [0, 0.1) is 0 Å². The summed E-state index contributed by atoms with van der Waals surface area (Å²) in [5.74, 6) is 1.01. The van der Waals surface area contributed by atoms with Crippen molar-refractivity contribution >= 4 is 35.0 Å². The molecule has 2 atom stereocenters. The molecule has 96 valence electrons. The lowest BCUT2D eigenvalue weighted by Crippen LogP contribution is -2.20. The van der Waals surface area contributed by atoms with Gasteiger partial charge in [-0.15, -0.1) is 0 Å². The summed E-state index contributed by atoms with van der Waals surface area (Å²) in [4.78, 5) is 0. The van der Waals surface area contributed by atoms with Crippen LogP contribution in [0.3, 0.4) is 0 Å². The summed E-state index contributed by atoms with van der Waals surface area (Å²) in [6.07, 6.45) is 1.18. The molecule has 2 unspecified atom stereocenters. The van der Waals surface area contributed by atoms with Gasteiger partial charge in [-0.05, 0) is 37.2 Å². The van der Waals surface area contributed by atoms with Gasteiger partial charge in [-0.1, -0.05) is 37.0 Å². The summed E-state index contributed by atoms with van der Waals surface area (Å²) in [6.45, 7) is 4.45. The zero-order chi connectivity index (χ0) is 12.8. The van der Waals surface area contributed by atoms with Crippen LogP contribution in [0.4, 0.5) is 0 Å². The van der Waals surface area contributed by atoms with Crippen LogP contribution in [0.5, 0.6) is 0 Å². The average molecular weight is 292 g/mol. The van der Waals surface area contributed by atoms with Crippen molar-refractivity contribution in [2.75, 3.05) is 12.8 Å². The molecular weight excluding hydrogens is 273 g/mol. The van der Waals surface area contributed by atoms with Crippen molar-refractivity contribution < 1.29 is 0 Å². The Morgan fingerprint density at radius 1 is 1.35 bits per heavy atom. The highest BCUT2D eigenvalue weighted by Crippen LogP contribution is 2.29. The van der Waals surface area contributed by atoms with E-state index in [4.69, 9.17) is 23.2 Å². The third kappa shape index (κ3) is 4.70. The van der Waals surface area contributed by atoms with Gasteiger partial charge in [-0.25, -0.2) is 0 Å². The molecule has 0 aliphatic carbocycles. The van der Waals surface area contributed by atoms with Crippen LogP contribution >= 0.6 is 35.0 Å². The van der Waals surface area contributed by atoms with Crippen LogP contribution in [0.1, 0.15) is 31.9 Å². The quantitative estimate of drug-likeness (QED) is 0.809. The summed E-state index contributed by atoms with van der Waals surface area (Å²) >= 11 is 14.2. The predicted octanol–water partition coefficient (Wildman–Crippen LogP) is 4.79. The summed E-state index contributed by atoms with van der Waals surface area (Å²) in [5, 5.41) is 5.48. The van der Waals surface area contributed by atoms with Gasteiger partial charge in [0.2, 0.25) is 0 Å². The maximum absolute atomic E-state index is 6.21. The lowest BCUT2D eigenvalue weighted by Gasteiger charge is -2.19. The Kier molecular flexibility index (Phi) is 6.71. The number of rotatable bonds is 6. The Morgan fingerprint density at radius 2 is 2.06 bits per heavy atom. The predicted molar refractivity (Wildman–Crippen MR) is 80.5 cm³/mol. The lowest BCUT2D eigenvalue weighted by atomic mass is 10.1. The molecule has 0 fully saturated rings. The SMILES string of the molecule is CCC(C)SCC(NC)c1cc(Cl)ccc1Cl. The monoisotopic (exact) mass is 291 g/mol. The Labute approximate surface area is 118 Å². The van der Waals surface area contributed by atoms with Crippen molar-refractivity contribution in [2.24, 2.45) is 0 Å². The van der Waals surface area contributed by atoms with E-state index in [0.29, 0.717) is 5.25 Å². The maximum atomic E-state index is 6.21. The molecule has 1 nitrogen and oxygen atoms in total. The van der Waals surface area contributed by atoms with Gasteiger partial charge in [-0.2, -0.15) is 11.8 Å². The van der Waals surface area contributed by atoms with Gasteiger partial charge in [-0.3, -0.25) is 0 Å². The average Bonchev–Trinajstić information content (AvgIpc) is 2.33. The van der Waals surface area contributed by atoms with E-state index in [9.17, 15) is 0 Å². The van der Waals surface area contributed by atoms with Crippen molar-refractivity contribution in [1.82, 2.24) is 5.32 Å². The fourth-order valence-corrected chi connectivity index (χ4v) is 3.02. The topological polar surface area (TPSA) is 12.0 Å². The minimum absolute atomic E-state index is 0.250. The molecule has 0 aromatic heterocycles. The van der Waals surface area contributed by atoms with Gasteiger partial charge in [0.1, 0.15) is 0 Å². The van der Waals surface area contributed by atoms with Crippen molar-refractivity contribution in [3.63, 3.8) is 0 Å². The van der Waals surface area contributed by atoms with Crippen molar-refractivity contribution in [3.8, 4) is 0 Å². The second kappa shape index (κ2) is 7.52. The molecule has 0 spiro atoms. The van der Waals surface area contributed by atoms with Crippen molar-refractivity contribution in [1.29, 1.82) is 0 Å². The summed E-state index contributed by atoms with van der Waals surface area (Å²) in [5.41, 5.74) is 1.08. The van der Waals surface area contributed by atoms with Crippen LogP contribution in [-0.2, 0) is 0 Å². The second-order valence-electron chi connectivity index (χ2n) is 4.06. The normalized spacial score (nSPS) is 14.6. The Morgan fingerprint density at radius 3 is 2.65 bits per heavy atom.